The van der Waals surface area contributed by atoms with E-state index in [0.29, 0.717) is 29.7 Å². The van der Waals surface area contributed by atoms with E-state index in [0.717, 1.165) is 11.3 Å². The minimum Gasteiger partial charge on any atom is -0.352 e. The molecule has 0 saturated heterocycles. The molecule has 0 aliphatic rings. The molecule has 0 spiro atoms. The maximum Gasteiger partial charge on any atom is 0.255 e. The van der Waals surface area contributed by atoms with Crippen LogP contribution < -0.4 is 10.6 Å². The van der Waals surface area contributed by atoms with Gasteiger partial charge in [0.25, 0.3) is 11.8 Å². The zero-order valence-electron chi connectivity index (χ0n) is 15.5. The molecule has 0 fully saturated rings. The first-order chi connectivity index (χ1) is 13.5. The van der Waals surface area contributed by atoms with Crippen LogP contribution in [-0.4, -0.2) is 18.4 Å². The van der Waals surface area contributed by atoms with E-state index in [1.54, 1.807) is 42.5 Å². The van der Waals surface area contributed by atoms with E-state index in [4.69, 9.17) is 0 Å². The molecule has 0 aliphatic carbocycles. The topological polar surface area (TPSA) is 58.2 Å². The fourth-order valence-corrected chi connectivity index (χ4v) is 2.82. The lowest BCUT2D eigenvalue weighted by Gasteiger charge is -2.10. The van der Waals surface area contributed by atoms with Crippen molar-refractivity contribution in [3.8, 4) is 0 Å². The van der Waals surface area contributed by atoms with Crippen molar-refractivity contribution in [2.24, 2.45) is 0 Å². The van der Waals surface area contributed by atoms with Gasteiger partial charge in [-0.3, -0.25) is 9.59 Å². The number of carbonyl (C=O) groups excluding carboxylic acids is 2. The summed E-state index contributed by atoms with van der Waals surface area (Å²) >= 11 is 0. The van der Waals surface area contributed by atoms with Gasteiger partial charge in [0, 0.05) is 23.4 Å². The number of anilines is 1. The van der Waals surface area contributed by atoms with Crippen LogP contribution in [0.4, 0.5) is 10.1 Å². The Morgan fingerprint density at radius 2 is 1.54 bits per heavy atom. The number of benzene rings is 3. The van der Waals surface area contributed by atoms with E-state index in [1.807, 2.05) is 31.2 Å². The molecule has 0 aliphatic heterocycles. The largest absolute Gasteiger partial charge is 0.352 e. The van der Waals surface area contributed by atoms with Gasteiger partial charge in [-0.15, -0.1) is 0 Å². The fraction of sp³-hybridized carbons (Fsp3) is 0.130. The monoisotopic (exact) mass is 376 g/mol. The van der Waals surface area contributed by atoms with Crippen molar-refractivity contribution >= 4 is 17.5 Å². The molecule has 5 heteroatoms. The van der Waals surface area contributed by atoms with Gasteiger partial charge in [0.05, 0.1) is 0 Å². The highest BCUT2D eigenvalue weighted by molar-refractivity contribution is 6.06. The van der Waals surface area contributed by atoms with Gasteiger partial charge in [-0.05, 0) is 54.8 Å². The van der Waals surface area contributed by atoms with E-state index in [2.05, 4.69) is 10.6 Å². The van der Waals surface area contributed by atoms with Crippen molar-refractivity contribution in [3.05, 3.63) is 101 Å². The maximum atomic E-state index is 13.6. The minimum absolute atomic E-state index is 0.282. The molecule has 2 N–H and O–H groups in total. The number of amides is 2. The lowest BCUT2D eigenvalue weighted by atomic mass is 10.1. The Kier molecular flexibility index (Phi) is 6.17. The number of carbonyl (C=O) groups is 2. The average Bonchev–Trinajstić information content (AvgIpc) is 2.71. The second-order valence-electron chi connectivity index (χ2n) is 6.45. The summed E-state index contributed by atoms with van der Waals surface area (Å²) in [5, 5.41) is 5.61. The van der Waals surface area contributed by atoms with Crippen molar-refractivity contribution in [2.75, 3.05) is 11.9 Å². The van der Waals surface area contributed by atoms with Crippen molar-refractivity contribution in [1.29, 1.82) is 0 Å². The molecule has 3 aromatic rings. The summed E-state index contributed by atoms with van der Waals surface area (Å²) in [5.74, 6) is -0.871. The Morgan fingerprint density at radius 3 is 2.29 bits per heavy atom. The summed E-state index contributed by atoms with van der Waals surface area (Å²) in [6.45, 7) is 2.22. The summed E-state index contributed by atoms with van der Waals surface area (Å²) in [5.41, 5.74) is 3.01. The van der Waals surface area contributed by atoms with E-state index >= 15 is 0 Å². The highest BCUT2D eigenvalue weighted by Crippen LogP contribution is 2.15. The number of para-hydroxylation sites is 1. The van der Waals surface area contributed by atoms with E-state index in [1.165, 1.54) is 6.07 Å². The summed E-state index contributed by atoms with van der Waals surface area (Å²) in [6.07, 6.45) is 0.395. The van der Waals surface area contributed by atoms with Crippen LogP contribution in [-0.2, 0) is 6.42 Å². The van der Waals surface area contributed by atoms with Gasteiger partial charge < -0.3 is 10.6 Å². The van der Waals surface area contributed by atoms with Crippen molar-refractivity contribution < 1.29 is 14.0 Å². The quantitative estimate of drug-likeness (QED) is 0.672. The maximum absolute atomic E-state index is 13.6. The predicted octanol–water partition coefficient (Wildman–Crippen LogP) is 4.36. The second kappa shape index (κ2) is 8.95. The number of hydrogen-bond donors (Lipinski definition) is 2. The van der Waals surface area contributed by atoms with Crippen molar-refractivity contribution in [1.82, 2.24) is 5.32 Å². The van der Waals surface area contributed by atoms with Gasteiger partial charge in [0.15, 0.2) is 0 Å². The van der Waals surface area contributed by atoms with Crippen LogP contribution in [0.5, 0.6) is 0 Å². The molecular formula is C23H21FN2O2. The first-order valence-electron chi connectivity index (χ1n) is 9.03. The van der Waals surface area contributed by atoms with E-state index in [9.17, 15) is 14.0 Å². The van der Waals surface area contributed by atoms with Gasteiger partial charge in [0.2, 0.25) is 0 Å². The Balaban J connectivity index is 1.62. The molecule has 142 valence electrons. The van der Waals surface area contributed by atoms with Crippen LogP contribution in [0.15, 0.2) is 72.8 Å². The molecule has 2 amide bonds. The SMILES string of the molecule is Cc1ccccc1NC(=O)c1cccc(C(=O)NCCc2ccccc2F)c1. The Bertz CT molecular complexity index is 1000. The zero-order chi connectivity index (χ0) is 19.9. The van der Waals surface area contributed by atoms with Crippen LogP contribution in [0.25, 0.3) is 0 Å². The number of rotatable bonds is 6. The molecule has 0 atom stereocenters. The highest BCUT2D eigenvalue weighted by atomic mass is 19.1. The van der Waals surface area contributed by atoms with E-state index in [-0.39, 0.29) is 17.6 Å². The first-order valence-corrected chi connectivity index (χ1v) is 9.03. The van der Waals surface area contributed by atoms with Crippen LogP contribution in [0, 0.1) is 12.7 Å². The molecule has 4 nitrogen and oxygen atoms in total. The number of hydrogen-bond acceptors (Lipinski definition) is 2. The molecule has 3 aromatic carbocycles. The average molecular weight is 376 g/mol. The van der Waals surface area contributed by atoms with Crippen LogP contribution in [0.1, 0.15) is 31.8 Å². The third-order valence-corrected chi connectivity index (χ3v) is 4.42. The molecule has 0 radical (unpaired) electrons. The van der Waals surface area contributed by atoms with Crippen LogP contribution in [0.2, 0.25) is 0 Å². The number of halogens is 1. The molecule has 28 heavy (non-hydrogen) atoms. The van der Waals surface area contributed by atoms with Gasteiger partial charge in [-0.25, -0.2) is 4.39 Å². The molecule has 0 heterocycles. The van der Waals surface area contributed by atoms with Gasteiger partial charge in [0.1, 0.15) is 5.82 Å². The summed E-state index contributed by atoms with van der Waals surface area (Å²) < 4.78 is 13.6. The minimum atomic E-state index is -0.304. The first kappa shape index (κ1) is 19.3. The van der Waals surface area contributed by atoms with E-state index < -0.39 is 0 Å². The lowest BCUT2D eigenvalue weighted by Crippen LogP contribution is -2.26. The molecule has 0 saturated carbocycles. The molecule has 3 rings (SSSR count). The second-order valence-corrected chi connectivity index (χ2v) is 6.45. The standard InChI is InChI=1S/C23H21FN2O2/c1-16-7-2-5-12-21(16)26-23(28)19-10-6-9-18(15-19)22(27)25-14-13-17-8-3-4-11-20(17)24/h2-12,15H,13-14H2,1H3,(H,25,27)(H,26,28). The van der Waals surface area contributed by atoms with Gasteiger partial charge in [-0.1, -0.05) is 42.5 Å². The Labute approximate surface area is 163 Å². The number of aryl methyl sites for hydroxylation is 1. The third-order valence-electron chi connectivity index (χ3n) is 4.42. The van der Waals surface area contributed by atoms with Crippen LogP contribution >= 0.6 is 0 Å². The van der Waals surface area contributed by atoms with Gasteiger partial charge in [-0.2, -0.15) is 0 Å². The summed E-state index contributed by atoms with van der Waals surface area (Å²) in [4.78, 5) is 24.9. The Hall–Kier alpha value is -3.47. The van der Waals surface area contributed by atoms with Crippen molar-refractivity contribution in [3.63, 3.8) is 0 Å². The molecular weight excluding hydrogens is 355 g/mol. The van der Waals surface area contributed by atoms with Crippen LogP contribution in [0.3, 0.4) is 0 Å². The fourth-order valence-electron chi connectivity index (χ4n) is 2.82. The molecule has 0 bridgehead atoms. The Morgan fingerprint density at radius 1 is 0.857 bits per heavy atom. The summed E-state index contributed by atoms with van der Waals surface area (Å²) in [7, 11) is 0. The van der Waals surface area contributed by atoms with Crippen molar-refractivity contribution in [2.45, 2.75) is 13.3 Å². The highest BCUT2D eigenvalue weighted by Gasteiger charge is 2.11. The predicted molar refractivity (Wildman–Crippen MR) is 108 cm³/mol. The van der Waals surface area contributed by atoms with Gasteiger partial charge >= 0.3 is 0 Å². The zero-order valence-corrected chi connectivity index (χ0v) is 15.5. The summed E-state index contributed by atoms with van der Waals surface area (Å²) in [6, 6.07) is 20.5. The lowest BCUT2D eigenvalue weighted by molar-refractivity contribution is 0.0954. The molecule has 0 unspecified atom stereocenters. The normalized spacial score (nSPS) is 10.4. The third kappa shape index (κ3) is 4.82. The molecule has 0 aromatic heterocycles. The number of nitrogens with one attached hydrogen (secondary N) is 2. The smallest absolute Gasteiger partial charge is 0.255 e.